The lowest BCUT2D eigenvalue weighted by Gasteiger charge is -2.29. The van der Waals surface area contributed by atoms with Gasteiger partial charge in [-0.2, -0.15) is 30.8 Å². The summed E-state index contributed by atoms with van der Waals surface area (Å²) in [5.74, 6) is 0.216. The molecule has 0 aliphatic carbocycles. The van der Waals surface area contributed by atoms with Crippen LogP contribution in [0.25, 0.3) is 44.3 Å². The van der Waals surface area contributed by atoms with E-state index in [-0.39, 0.29) is 16.6 Å². The molecule has 2 heterocycles. The van der Waals surface area contributed by atoms with Gasteiger partial charge in [0, 0.05) is 11.0 Å². The van der Waals surface area contributed by atoms with Crippen molar-refractivity contribution in [3.05, 3.63) is 65.7 Å². The molecule has 5 aromatic rings. The van der Waals surface area contributed by atoms with Gasteiger partial charge in [0.15, 0.2) is 0 Å². The fourth-order valence-electron chi connectivity index (χ4n) is 6.12. The van der Waals surface area contributed by atoms with Crippen LogP contribution < -0.4 is 0 Å². The van der Waals surface area contributed by atoms with Gasteiger partial charge >= 0.3 is 0 Å². The summed E-state index contributed by atoms with van der Waals surface area (Å²) >= 11 is 0. The van der Waals surface area contributed by atoms with E-state index in [1.165, 1.54) is 12.8 Å². The second-order valence-corrected chi connectivity index (χ2v) is 12.8. The van der Waals surface area contributed by atoms with E-state index in [0.29, 0.717) is 0 Å². The van der Waals surface area contributed by atoms with Crippen LogP contribution in [0.15, 0.2) is 54.6 Å². The molecule has 0 bridgehead atoms. The predicted molar refractivity (Wildman–Crippen MR) is 173 cm³/mol. The van der Waals surface area contributed by atoms with Crippen molar-refractivity contribution < 1.29 is 5.11 Å². The molecule has 0 atom stereocenters. The van der Waals surface area contributed by atoms with Crippen LogP contribution in [0.1, 0.15) is 97.6 Å². The van der Waals surface area contributed by atoms with Crippen molar-refractivity contribution in [2.45, 2.75) is 97.3 Å². The Balaban J connectivity index is 1.69. The normalized spacial score (nSPS) is 12.4. The number of phenolic OH excluding ortho intramolecular Hbond substituents is 1. The van der Waals surface area contributed by atoms with E-state index in [0.717, 1.165) is 93.1 Å². The number of hydrogen-bond donors (Lipinski definition) is 3. The molecule has 0 spiro atoms. The Bertz CT molecular complexity index is 1720. The van der Waals surface area contributed by atoms with Crippen LogP contribution in [0.3, 0.4) is 0 Å². The minimum absolute atomic E-state index is 0.0903. The van der Waals surface area contributed by atoms with Gasteiger partial charge < -0.3 is 5.11 Å². The van der Waals surface area contributed by atoms with Gasteiger partial charge in [-0.1, -0.05) is 91.5 Å². The van der Waals surface area contributed by atoms with Gasteiger partial charge in [0.05, 0.1) is 0 Å². The summed E-state index contributed by atoms with van der Waals surface area (Å²) in [5.41, 5.74) is 9.84. The van der Waals surface area contributed by atoms with Crippen molar-refractivity contribution in [1.29, 1.82) is 0 Å². The van der Waals surface area contributed by atoms with Crippen molar-refractivity contribution in [1.82, 2.24) is 30.8 Å². The summed E-state index contributed by atoms with van der Waals surface area (Å²) in [6.45, 7) is 17.9. The third-order valence-corrected chi connectivity index (χ3v) is 9.01. The highest BCUT2D eigenvalue weighted by molar-refractivity contribution is 5.95. The van der Waals surface area contributed by atoms with Gasteiger partial charge in [-0.15, -0.1) is 0 Å². The zero-order valence-corrected chi connectivity index (χ0v) is 25.9. The third kappa shape index (κ3) is 5.44. The van der Waals surface area contributed by atoms with E-state index in [2.05, 4.69) is 103 Å². The number of nitrogens with zero attached hydrogens (tertiary/aromatic N) is 4. The number of aromatic hydroxyl groups is 1. The van der Waals surface area contributed by atoms with Crippen molar-refractivity contribution in [2.24, 2.45) is 0 Å². The molecule has 220 valence electrons. The summed E-state index contributed by atoms with van der Waals surface area (Å²) in [5, 5.41) is 35.1. The monoisotopic (exact) mass is 564 g/mol. The molecule has 3 N–H and O–H groups in total. The molecule has 0 unspecified atom stereocenters. The predicted octanol–water partition coefficient (Wildman–Crippen LogP) is 9.15. The van der Waals surface area contributed by atoms with Gasteiger partial charge in [-0.05, 0) is 82.8 Å². The van der Waals surface area contributed by atoms with Crippen LogP contribution >= 0.6 is 0 Å². The molecule has 7 heteroatoms. The number of aromatic nitrogens is 6. The average Bonchev–Trinajstić information content (AvgIpc) is 3.64. The van der Waals surface area contributed by atoms with Crippen LogP contribution in [-0.4, -0.2) is 35.9 Å². The van der Waals surface area contributed by atoms with Crippen LogP contribution in [0.2, 0.25) is 0 Å². The Morgan fingerprint density at radius 1 is 0.786 bits per heavy atom. The number of aromatic amines is 2. The highest BCUT2D eigenvalue weighted by atomic mass is 16.3. The van der Waals surface area contributed by atoms with E-state index < -0.39 is 0 Å². The minimum Gasteiger partial charge on any atom is -0.507 e. The van der Waals surface area contributed by atoms with Gasteiger partial charge in [0.25, 0.3) is 0 Å². The quantitative estimate of drug-likeness (QED) is 0.104. The molecule has 3 aromatic carbocycles. The van der Waals surface area contributed by atoms with Crippen molar-refractivity contribution in [2.75, 3.05) is 0 Å². The highest BCUT2D eigenvalue weighted by Crippen LogP contribution is 2.45. The van der Waals surface area contributed by atoms with E-state index in [1.807, 2.05) is 12.1 Å². The first-order valence-electron chi connectivity index (χ1n) is 15.3. The number of fused-ring (bicyclic) bond motifs is 2. The summed E-state index contributed by atoms with van der Waals surface area (Å²) < 4.78 is 0. The van der Waals surface area contributed by atoms with E-state index in [1.54, 1.807) is 6.07 Å². The Hall–Kier alpha value is -4.00. The fraction of sp³-hybridized carbons (Fsp3) is 0.429. The molecule has 0 aliphatic heterocycles. The Morgan fingerprint density at radius 2 is 1.40 bits per heavy atom. The molecule has 2 aromatic heterocycles. The molecular weight excluding hydrogens is 520 g/mol. The molecule has 0 amide bonds. The van der Waals surface area contributed by atoms with Gasteiger partial charge in [0.1, 0.15) is 27.8 Å². The summed E-state index contributed by atoms with van der Waals surface area (Å²) in [6.07, 6.45) is 7.76. The lowest BCUT2D eigenvalue weighted by molar-refractivity contribution is 0.453. The number of rotatable bonds is 12. The first-order valence-corrected chi connectivity index (χ1v) is 15.3. The smallest absolute Gasteiger partial charge is 0.124 e. The number of unbranched alkanes of at least 4 members (excludes halogenated alkanes) is 3. The molecule has 0 saturated carbocycles. The molecule has 42 heavy (non-hydrogen) atoms. The van der Waals surface area contributed by atoms with Crippen LogP contribution in [0.5, 0.6) is 5.75 Å². The topological polar surface area (TPSA) is 103 Å². The second kappa shape index (κ2) is 11.7. The Morgan fingerprint density at radius 3 is 2.07 bits per heavy atom. The minimum atomic E-state index is -0.333. The second-order valence-electron chi connectivity index (χ2n) is 12.8. The number of hydrogen-bond acceptors (Lipinski definition) is 5. The zero-order chi connectivity index (χ0) is 30.1. The number of H-pyrrole nitrogens is 2. The number of nitrogens with one attached hydrogen (secondary N) is 2. The Kier molecular flexibility index (Phi) is 8.22. The van der Waals surface area contributed by atoms with Crippen molar-refractivity contribution in [3.8, 4) is 28.0 Å². The first-order chi connectivity index (χ1) is 20.1. The van der Waals surface area contributed by atoms with Gasteiger partial charge in [0.2, 0.25) is 0 Å². The molecule has 0 fully saturated rings. The van der Waals surface area contributed by atoms with Crippen LogP contribution in [0.4, 0.5) is 0 Å². The maximum Gasteiger partial charge on any atom is 0.124 e. The van der Waals surface area contributed by atoms with Crippen LogP contribution in [0, 0.1) is 0 Å². The van der Waals surface area contributed by atoms with Crippen molar-refractivity contribution in [3.63, 3.8) is 0 Å². The first kappa shape index (κ1) is 29.5. The Labute approximate surface area is 248 Å². The molecule has 7 nitrogen and oxygen atoms in total. The zero-order valence-electron chi connectivity index (χ0n) is 25.9. The summed E-state index contributed by atoms with van der Waals surface area (Å²) in [7, 11) is 0. The molecule has 0 saturated heterocycles. The van der Waals surface area contributed by atoms with E-state index in [9.17, 15) is 5.11 Å². The lowest BCUT2D eigenvalue weighted by Crippen LogP contribution is -2.20. The van der Waals surface area contributed by atoms with E-state index >= 15 is 0 Å². The average molecular weight is 565 g/mol. The molecular formula is C35H44N6O. The van der Waals surface area contributed by atoms with Gasteiger partial charge in [-0.3, -0.25) is 0 Å². The maximum absolute atomic E-state index is 11.4. The standard InChI is InChI=1S/C35H44N6O/c1-8-10-12-17-34(4,5)26-18-23(20-28-32(26)38-40-36-28)25-15-13-16-30(42)31(25)24-19-27(33-29(21-24)37-41-39-33)35(6,7)22(3)14-11-9-2/h13,15-16,18-21,42H,3,8-12,14,17H2,1-2,4-7H3,(H,36,38,40)(H,37,39,41). The SMILES string of the molecule is C=C(CCCC)C(C)(C)c1cc(-c2c(O)cccc2-c2cc(C(C)(C)CCCCC)c3n[nH]nc3c2)cc2n[nH]nc12. The highest BCUT2D eigenvalue weighted by Gasteiger charge is 2.30. The van der Waals surface area contributed by atoms with Crippen molar-refractivity contribution >= 4 is 22.1 Å². The summed E-state index contributed by atoms with van der Waals surface area (Å²) in [6, 6.07) is 14.2. The lowest BCUT2D eigenvalue weighted by atomic mass is 9.75. The largest absolute Gasteiger partial charge is 0.507 e. The van der Waals surface area contributed by atoms with Gasteiger partial charge in [-0.25, -0.2) is 0 Å². The number of benzene rings is 3. The maximum atomic E-state index is 11.4. The molecule has 5 rings (SSSR count). The van der Waals surface area contributed by atoms with E-state index in [4.69, 9.17) is 0 Å². The summed E-state index contributed by atoms with van der Waals surface area (Å²) in [4.78, 5) is 0. The fourth-order valence-corrected chi connectivity index (χ4v) is 6.12. The van der Waals surface area contributed by atoms with Crippen LogP contribution in [-0.2, 0) is 10.8 Å². The number of phenols is 1. The third-order valence-electron chi connectivity index (χ3n) is 9.01. The number of allylic oxidation sites excluding steroid dienone is 1. The molecule has 0 aliphatic rings. The molecule has 0 radical (unpaired) electrons.